The Morgan fingerprint density at radius 1 is 1.20 bits per heavy atom. The highest BCUT2D eigenvalue weighted by atomic mass is 19.1. The highest BCUT2D eigenvalue weighted by molar-refractivity contribution is 5.95. The van der Waals surface area contributed by atoms with Gasteiger partial charge in [-0.25, -0.2) is 4.39 Å². The maximum Gasteiger partial charge on any atom is 0.244 e. The Morgan fingerprint density at radius 2 is 1.92 bits per heavy atom. The first-order valence-electron chi connectivity index (χ1n) is 7.84. The van der Waals surface area contributed by atoms with Gasteiger partial charge in [0.15, 0.2) is 0 Å². The Bertz CT molecular complexity index is 777. The summed E-state index contributed by atoms with van der Waals surface area (Å²) in [7, 11) is 1.51. The Labute approximate surface area is 146 Å². The van der Waals surface area contributed by atoms with Crippen molar-refractivity contribution in [3.8, 4) is 5.75 Å². The summed E-state index contributed by atoms with van der Waals surface area (Å²) in [6.07, 6.45) is 0. The largest absolute Gasteiger partial charge is 0.495 e. The second-order valence-corrected chi connectivity index (χ2v) is 5.72. The summed E-state index contributed by atoms with van der Waals surface area (Å²) in [6, 6.07) is 11.6. The molecular formula is C19H21FN2O3. The maximum atomic E-state index is 13.8. The van der Waals surface area contributed by atoms with Gasteiger partial charge in [-0.15, -0.1) is 0 Å². The second-order valence-electron chi connectivity index (χ2n) is 5.72. The van der Waals surface area contributed by atoms with Crippen molar-refractivity contribution in [2.24, 2.45) is 0 Å². The normalized spacial score (nSPS) is 10.2. The van der Waals surface area contributed by atoms with E-state index in [-0.39, 0.29) is 24.9 Å². The van der Waals surface area contributed by atoms with E-state index in [2.05, 4.69) is 5.32 Å². The molecule has 0 aromatic heterocycles. The molecule has 0 bridgehead atoms. The summed E-state index contributed by atoms with van der Waals surface area (Å²) < 4.78 is 19.0. The molecule has 25 heavy (non-hydrogen) atoms. The molecule has 5 nitrogen and oxygen atoms in total. The van der Waals surface area contributed by atoms with Gasteiger partial charge >= 0.3 is 0 Å². The van der Waals surface area contributed by atoms with Crippen LogP contribution in [-0.4, -0.2) is 30.4 Å². The minimum absolute atomic E-state index is 0.0282. The highest BCUT2D eigenvalue weighted by Crippen LogP contribution is 2.25. The van der Waals surface area contributed by atoms with Gasteiger partial charge in [0.2, 0.25) is 11.8 Å². The van der Waals surface area contributed by atoms with E-state index in [1.807, 2.05) is 13.0 Å². The molecule has 0 radical (unpaired) electrons. The average Bonchev–Trinajstić information content (AvgIpc) is 2.56. The summed E-state index contributed by atoms with van der Waals surface area (Å²) >= 11 is 0. The van der Waals surface area contributed by atoms with E-state index in [1.165, 1.54) is 25.0 Å². The van der Waals surface area contributed by atoms with Crippen molar-refractivity contribution in [2.75, 3.05) is 19.0 Å². The Balaban J connectivity index is 2.09. The second kappa shape index (κ2) is 8.28. The molecule has 6 heteroatoms. The zero-order chi connectivity index (χ0) is 18.4. The van der Waals surface area contributed by atoms with Crippen LogP contribution < -0.4 is 10.1 Å². The summed E-state index contributed by atoms with van der Waals surface area (Å²) in [6.45, 7) is 3.09. The van der Waals surface area contributed by atoms with Crippen LogP contribution in [0, 0.1) is 12.7 Å². The number of carbonyl (C=O) groups is 2. The average molecular weight is 344 g/mol. The fourth-order valence-electron chi connectivity index (χ4n) is 2.39. The van der Waals surface area contributed by atoms with Gasteiger partial charge in [-0.2, -0.15) is 0 Å². The SMILES string of the molecule is COc1ccc(C)cc1NC(=O)CN(Cc1ccccc1F)C(C)=O. The fourth-order valence-corrected chi connectivity index (χ4v) is 2.39. The smallest absolute Gasteiger partial charge is 0.244 e. The van der Waals surface area contributed by atoms with E-state index in [1.54, 1.807) is 30.3 Å². The van der Waals surface area contributed by atoms with Gasteiger partial charge in [0, 0.05) is 19.0 Å². The van der Waals surface area contributed by atoms with Crippen LogP contribution in [0.2, 0.25) is 0 Å². The molecule has 0 spiro atoms. The number of methoxy groups -OCH3 is 1. The topological polar surface area (TPSA) is 58.6 Å². The maximum absolute atomic E-state index is 13.8. The zero-order valence-corrected chi connectivity index (χ0v) is 14.5. The Morgan fingerprint density at radius 3 is 2.56 bits per heavy atom. The third kappa shape index (κ3) is 5.04. The quantitative estimate of drug-likeness (QED) is 0.876. The van der Waals surface area contributed by atoms with Crippen LogP contribution in [0.4, 0.5) is 10.1 Å². The molecule has 1 N–H and O–H groups in total. The molecular weight excluding hydrogens is 323 g/mol. The van der Waals surface area contributed by atoms with Crippen LogP contribution in [0.15, 0.2) is 42.5 Å². The van der Waals surface area contributed by atoms with Crippen molar-refractivity contribution < 1.29 is 18.7 Å². The molecule has 0 aliphatic carbocycles. The Kier molecular flexibility index (Phi) is 6.11. The number of anilines is 1. The van der Waals surface area contributed by atoms with E-state index in [4.69, 9.17) is 4.74 Å². The predicted molar refractivity (Wildman–Crippen MR) is 93.9 cm³/mol. The van der Waals surface area contributed by atoms with E-state index < -0.39 is 5.82 Å². The molecule has 132 valence electrons. The van der Waals surface area contributed by atoms with Crippen LogP contribution in [0.5, 0.6) is 5.75 Å². The van der Waals surface area contributed by atoms with E-state index in [0.717, 1.165) is 5.56 Å². The number of ether oxygens (including phenoxy) is 1. The van der Waals surface area contributed by atoms with Crippen LogP contribution in [0.25, 0.3) is 0 Å². The molecule has 2 amide bonds. The lowest BCUT2D eigenvalue weighted by Crippen LogP contribution is -2.36. The number of amides is 2. The van der Waals surface area contributed by atoms with Crippen LogP contribution in [0.1, 0.15) is 18.1 Å². The van der Waals surface area contributed by atoms with Crippen molar-refractivity contribution in [2.45, 2.75) is 20.4 Å². The van der Waals surface area contributed by atoms with E-state index >= 15 is 0 Å². The monoisotopic (exact) mass is 344 g/mol. The van der Waals surface area contributed by atoms with Crippen molar-refractivity contribution in [3.05, 3.63) is 59.4 Å². The van der Waals surface area contributed by atoms with Crippen LogP contribution >= 0.6 is 0 Å². The lowest BCUT2D eigenvalue weighted by Gasteiger charge is -2.21. The third-order valence-electron chi connectivity index (χ3n) is 3.73. The summed E-state index contributed by atoms with van der Waals surface area (Å²) in [5.74, 6) is -0.568. The number of halogens is 1. The van der Waals surface area contributed by atoms with Gasteiger partial charge < -0.3 is 15.0 Å². The standard InChI is InChI=1S/C19H21FN2O3/c1-13-8-9-18(25-3)17(10-13)21-19(24)12-22(14(2)23)11-15-6-4-5-7-16(15)20/h4-10H,11-12H2,1-3H3,(H,21,24). The minimum Gasteiger partial charge on any atom is -0.495 e. The molecule has 2 rings (SSSR count). The number of rotatable bonds is 6. The number of nitrogens with zero attached hydrogens (tertiary/aromatic N) is 1. The molecule has 0 saturated heterocycles. The van der Waals surface area contributed by atoms with Gasteiger partial charge in [-0.3, -0.25) is 9.59 Å². The summed E-state index contributed by atoms with van der Waals surface area (Å²) in [4.78, 5) is 25.4. The van der Waals surface area contributed by atoms with E-state index in [0.29, 0.717) is 17.0 Å². The molecule has 0 fully saturated rings. The summed E-state index contributed by atoms with van der Waals surface area (Å²) in [5, 5.41) is 2.74. The fraction of sp³-hybridized carbons (Fsp3) is 0.263. The minimum atomic E-state index is -0.408. The molecule has 0 unspecified atom stereocenters. The first kappa shape index (κ1) is 18.4. The van der Waals surface area contributed by atoms with Gasteiger partial charge in [-0.1, -0.05) is 24.3 Å². The van der Waals surface area contributed by atoms with Crippen molar-refractivity contribution in [3.63, 3.8) is 0 Å². The Hall–Kier alpha value is -2.89. The van der Waals surface area contributed by atoms with Crippen molar-refractivity contribution in [1.29, 1.82) is 0 Å². The lowest BCUT2D eigenvalue weighted by atomic mass is 10.2. The number of benzene rings is 2. The van der Waals surface area contributed by atoms with Gasteiger partial charge in [0.25, 0.3) is 0 Å². The molecule has 0 atom stereocenters. The first-order valence-corrected chi connectivity index (χ1v) is 7.84. The molecule has 0 aliphatic heterocycles. The highest BCUT2D eigenvalue weighted by Gasteiger charge is 2.17. The van der Waals surface area contributed by atoms with E-state index in [9.17, 15) is 14.0 Å². The molecule has 0 aliphatic rings. The zero-order valence-electron chi connectivity index (χ0n) is 14.5. The number of hydrogen-bond acceptors (Lipinski definition) is 3. The van der Waals surface area contributed by atoms with Gasteiger partial charge in [0.05, 0.1) is 12.8 Å². The number of nitrogens with one attached hydrogen (secondary N) is 1. The van der Waals surface area contributed by atoms with Gasteiger partial charge in [0.1, 0.15) is 18.1 Å². The summed E-state index contributed by atoms with van der Waals surface area (Å²) in [5.41, 5.74) is 1.85. The van der Waals surface area contributed by atoms with Crippen molar-refractivity contribution >= 4 is 17.5 Å². The predicted octanol–water partition coefficient (Wildman–Crippen LogP) is 3.13. The lowest BCUT2D eigenvalue weighted by molar-refractivity contribution is -0.133. The van der Waals surface area contributed by atoms with Crippen LogP contribution in [-0.2, 0) is 16.1 Å². The molecule has 2 aromatic rings. The van der Waals surface area contributed by atoms with Crippen LogP contribution in [0.3, 0.4) is 0 Å². The van der Waals surface area contributed by atoms with Gasteiger partial charge in [-0.05, 0) is 30.7 Å². The molecule has 2 aromatic carbocycles. The third-order valence-corrected chi connectivity index (χ3v) is 3.73. The number of hydrogen-bond donors (Lipinski definition) is 1. The first-order chi connectivity index (χ1) is 11.9. The molecule has 0 saturated carbocycles. The number of aryl methyl sites for hydroxylation is 1. The molecule has 0 heterocycles. The van der Waals surface area contributed by atoms with Crippen molar-refractivity contribution in [1.82, 2.24) is 4.90 Å². The number of carbonyl (C=O) groups excluding carboxylic acids is 2.